The zero-order valence-electron chi connectivity index (χ0n) is 21.4. The van der Waals surface area contributed by atoms with Crippen LogP contribution in [0.3, 0.4) is 0 Å². The molecule has 0 aliphatic carbocycles. The summed E-state index contributed by atoms with van der Waals surface area (Å²) in [5.41, 5.74) is 0.737. The lowest BCUT2D eigenvalue weighted by Crippen LogP contribution is -2.01. The van der Waals surface area contributed by atoms with Gasteiger partial charge in [-0.25, -0.2) is 9.97 Å². The second kappa shape index (κ2) is 15.3. The monoisotopic (exact) mass is 481 g/mol. The van der Waals surface area contributed by atoms with E-state index in [0.29, 0.717) is 36.1 Å². The topological polar surface area (TPSA) is 57.1 Å². The zero-order chi connectivity index (χ0) is 24.7. The van der Waals surface area contributed by atoms with Crippen molar-refractivity contribution in [2.75, 3.05) is 13.2 Å². The van der Waals surface area contributed by atoms with Crippen LogP contribution in [0.25, 0.3) is 22.2 Å². The minimum Gasteiger partial charge on any atom is -0.490 e. The molecule has 5 nitrogen and oxygen atoms in total. The third-order valence-corrected chi connectivity index (χ3v) is 6.16. The van der Waals surface area contributed by atoms with Crippen LogP contribution in [-0.4, -0.2) is 28.2 Å². The minimum atomic E-state index is -0.541. The van der Waals surface area contributed by atoms with E-state index < -0.39 is 5.95 Å². The first-order chi connectivity index (χ1) is 17.2. The van der Waals surface area contributed by atoms with Gasteiger partial charge < -0.3 is 9.47 Å². The molecule has 0 N–H and O–H groups in total. The lowest BCUT2D eigenvalue weighted by molar-refractivity contribution is 0.290. The maximum Gasteiger partial charge on any atom is 0.224 e. The van der Waals surface area contributed by atoms with Crippen LogP contribution in [0.15, 0.2) is 36.7 Å². The van der Waals surface area contributed by atoms with E-state index in [4.69, 9.17) is 9.47 Å². The fraction of sp³-hybridized carbons (Fsp3) is 0.552. The van der Waals surface area contributed by atoms with Crippen molar-refractivity contribution in [1.29, 1.82) is 0 Å². The predicted octanol–water partition coefficient (Wildman–Crippen LogP) is 8.31. The molecule has 3 aromatic rings. The number of rotatable bonds is 17. The summed E-state index contributed by atoms with van der Waals surface area (Å²) in [5.74, 6) is 0.977. The molecule has 0 radical (unpaired) electrons. The van der Waals surface area contributed by atoms with Gasteiger partial charge in [-0.1, -0.05) is 90.2 Å². The van der Waals surface area contributed by atoms with E-state index in [1.54, 1.807) is 24.5 Å². The summed E-state index contributed by atoms with van der Waals surface area (Å²) in [5, 5.41) is 1.18. The molecule has 2 heterocycles. The van der Waals surface area contributed by atoms with Crippen LogP contribution in [0, 0.1) is 5.95 Å². The Kier molecular flexibility index (Phi) is 11.7. The van der Waals surface area contributed by atoms with Gasteiger partial charge in [-0.15, -0.1) is 0 Å². The number of unbranched alkanes of at least 4 members (excludes halogenated alkanes) is 10. The molecular weight excluding hydrogens is 441 g/mol. The van der Waals surface area contributed by atoms with E-state index in [2.05, 4.69) is 28.8 Å². The molecule has 0 amide bonds. The number of fused-ring (bicyclic) bond motifs is 1. The largest absolute Gasteiger partial charge is 0.490 e. The Balaban J connectivity index is 1.51. The van der Waals surface area contributed by atoms with Crippen molar-refractivity contribution in [2.45, 2.75) is 90.9 Å². The Bertz CT molecular complexity index is 1010. The van der Waals surface area contributed by atoms with Crippen LogP contribution in [0.4, 0.5) is 4.39 Å². The van der Waals surface area contributed by atoms with E-state index in [1.165, 1.54) is 57.8 Å². The summed E-state index contributed by atoms with van der Waals surface area (Å²) in [7, 11) is 0. The van der Waals surface area contributed by atoms with Gasteiger partial charge >= 0.3 is 0 Å². The van der Waals surface area contributed by atoms with Crippen LogP contribution < -0.4 is 9.47 Å². The highest BCUT2D eigenvalue weighted by Crippen LogP contribution is 2.26. The van der Waals surface area contributed by atoms with Crippen LogP contribution >= 0.6 is 0 Å². The van der Waals surface area contributed by atoms with Crippen LogP contribution in [0.5, 0.6) is 11.6 Å². The SMILES string of the molecule is CCCCCCCCOc1cnc(-c2ccc3cc(OCCCCCCCC)nc(F)c3c2)nc1. The predicted molar refractivity (Wildman–Crippen MR) is 140 cm³/mol. The van der Waals surface area contributed by atoms with Gasteiger partial charge in [0.25, 0.3) is 0 Å². The van der Waals surface area contributed by atoms with Crippen molar-refractivity contribution in [1.82, 2.24) is 15.0 Å². The summed E-state index contributed by atoms with van der Waals surface area (Å²) < 4.78 is 26.2. The molecule has 3 rings (SSSR count). The molecule has 0 saturated heterocycles. The number of nitrogens with zero attached hydrogens (tertiary/aromatic N) is 3. The number of ether oxygens (including phenoxy) is 2. The maximum absolute atomic E-state index is 14.7. The van der Waals surface area contributed by atoms with Crippen molar-refractivity contribution < 1.29 is 13.9 Å². The molecular formula is C29H40FN3O2. The number of hydrogen-bond donors (Lipinski definition) is 0. The van der Waals surface area contributed by atoms with E-state index >= 15 is 0 Å². The van der Waals surface area contributed by atoms with Crippen molar-refractivity contribution in [2.24, 2.45) is 0 Å². The summed E-state index contributed by atoms with van der Waals surface area (Å²) in [6.07, 6.45) is 17.8. The Labute approximate surface area is 209 Å². The van der Waals surface area contributed by atoms with Gasteiger partial charge in [0.05, 0.1) is 25.6 Å². The van der Waals surface area contributed by atoms with E-state index in [-0.39, 0.29) is 0 Å². The van der Waals surface area contributed by atoms with Gasteiger partial charge in [-0.3, -0.25) is 0 Å². The quantitative estimate of drug-likeness (QED) is 0.143. The van der Waals surface area contributed by atoms with Crippen molar-refractivity contribution >= 4 is 10.8 Å². The van der Waals surface area contributed by atoms with Gasteiger partial charge in [0.1, 0.15) is 0 Å². The first-order valence-electron chi connectivity index (χ1n) is 13.4. The molecule has 0 saturated carbocycles. The molecule has 0 atom stereocenters. The van der Waals surface area contributed by atoms with Crippen LogP contribution in [-0.2, 0) is 0 Å². The molecule has 6 heteroatoms. The maximum atomic E-state index is 14.7. The Morgan fingerprint density at radius 1 is 0.714 bits per heavy atom. The number of hydrogen-bond acceptors (Lipinski definition) is 5. The average Bonchev–Trinajstić information content (AvgIpc) is 2.88. The Morgan fingerprint density at radius 2 is 1.31 bits per heavy atom. The first kappa shape index (κ1) is 26.8. The molecule has 1 aromatic carbocycles. The molecule has 2 aromatic heterocycles. The van der Waals surface area contributed by atoms with Gasteiger partial charge in [0.15, 0.2) is 11.6 Å². The third kappa shape index (κ3) is 9.08. The highest BCUT2D eigenvalue weighted by atomic mass is 19.1. The minimum absolute atomic E-state index is 0.333. The first-order valence-corrected chi connectivity index (χ1v) is 13.4. The summed E-state index contributed by atoms with van der Waals surface area (Å²) in [4.78, 5) is 12.8. The van der Waals surface area contributed by atoms with Crippen LogP contribution in [0.1, 0.15) is 90.9 Å². The standard InChI is InChI=1S/C29H40FN3O2/c1-3-5-7-9-11-13-17-34-25-21-31-29(32-22-25)24-16-15-23-20-27(33-28(30)26(23)19-24)35-18-14-12-10-8-6-4-2/h15-16,19-22H,3-14,17-18H2,1-2H3. The summed E-state index contributed by atoms with van der Waals surface area (Å²) in [6, 6.07) is 7.28. The Morgan fingerprint density at radius 3 is 1.97 bits per heavy atom. The van der Waals surface area contributed by atoms with Crippen molar-refractivity contribution in [3.8, 4) is 23.0 Å². The highest BCUT2D eigenvalue weighted by molar-refractivity contribution is 5.87. The second-order valence-corrected chi connectivity index (χ2v) is 9.16. The third-order valence-electron chi connectivity index (χ3n) is 6.16. The Hall–Kier alpha value is -2.76. The molecule has 0 fully saturated rings. The van der Waals surface area contributed by atoms with Crippen molar-refractivity contribution in [3.63, 3.8) is 0 Å². The zero-order valence-corrected chi connectivity index (χ0v) is 21.4. The molecule has 190 valence electrons. The molecule has 0 aliphatic rings. The van der Waals surface area contributed by atoms with Crippen LogP contribution in [0.2, 0.25) is 0 Å². The molecule has 0 bridgehead atoms. The van der Waals surface area contributed by atoms with Gasteiger partial charge in [-0.05, 0) is 24.3 Å². The van der Waals surface area contributed by atoms with E-state index in [1.807, 2.05) is 12.1 Å². The molecule has 35 heavy (non-hydrogen) atoms. The van der Waals surface area contributed by atoms with E-state index in [0.717, 1.165) is 30.2 Å². The molecule has 0 aliphatic heterocycles. The lowest BCUT2D eigenvalue weighted by atomic mass is 10.1. The fourth-order valence-electron chi connectivity index (χ4n) is 4.07. The normalized spacial score (nSPS) is 11.2. The molecule has 0 spiro atoms. The summed E-state index contributed by atoms with van der Waals surface area (Å²) in [6.45, 7) is 5.66. The number of halogens is 1. The van der Waals surface area contributed by atoms with E-state index in [9.17, 15) is 4.39 Å². The summed E-state index contributed by atoms with van der Waals surface area (Å²) >= 11 is 0. The van der Waals surface area contributed by atoms with Gasteiger partial charge in [0, 0.05) is 17.0 Å². The van der Waals surface area contributed by atoms with Gasteiger partial charge in [-0.2, -0.15) is 9.37 Å². The smallest absolute Gasteiger partial charge is 0.224 e. The number of aromatic nitrogens is 3. The number of benzene rings is 1. The lowest BCUT2D eigenvalue weighted by Gasteiger charge is -2.09. The second-order valence-electron chi connectivity index (χ2n) is 9.16. The number of pyridine rings is 1. The fourth-order valence-corrected chi connectivity index (χ4v) is 4.07. The molecule has 0 unspecified atom stereocenters. The average molecular weight is 482 g/mol. The van der Waals surface area contributed by atoms with Crippen molar-refractivity contribution in [3.05, 3.63) is 42.6 Å². The van der Waals surface area contributed by atoms with Gasteiger partial charge in [0.2, 0.25) is 11.8 Å². The highest BCUT2D eigenvalue weighted by Gasteiger charge is 2.10.